The van der Waals surface area contributed by atoms with E-state index >= 15 is 0 Å². The third kappa shape index (κ3) is 6.81. The molecule has 0 spiro atoms. The molecule has 204 valence electrons. The van der Waals surface area contributed by atoms with Crippen molar-refractivity contribution in [1.82, 2.24) is 14.9 Å². The molecule has 0 unspecified atom stereocenters. The molecule has 1 aromatic heterocycles. The summed E-state index contributed by atoms with van der Waals surface area (Å²) in [6, 6.07) is 16.7. The van der Waals surface area contributed by atoms with Crippen LogP contribution in [0.2, 0.25) is 5.02 Å². The molecule has 0 saturated heterocycles. The molecule has 0 radical (unpaired) electrons. The number of ether oxygens (including phenoxy) is 1. The Labute approximate surface area is 242 Å². The number of aromatic nitrogens is 2. The van der Waals surface area contributed by atoms with Crippen LogP contribution in [-0.2, 0) is 24.8 Å². The summed E-state index contributed by atoms with van der Waals surface area (Å²) in [5.74, 6) is 0.988. The van der Waals surface area contributed by atoms with E-state index in [0.29, 0.717) is 47.1 Å². The van der Waals surface area contributed by atoms with Gasteiger partial charge in [0.1, 0.15) is 11.6 Å². The number of anilines is 1. The van der Waals surface area contributed by atoms with Gasteiger partial charge < -0.3 is 19.9 Å². The van der Waals surface area contributed by atoms with E-state index in [1.807, 2.05) is 87.8 Å². The maximum absolute atomic E-state index is 13.2. The van der Waals surface area contributed by atoms with Gasteiger partial charge in [-0.05, 0) is 54.4 Å². The molecule has 0 bridgehead atoms. The lowest BCUT2D eigenvalue weighted by Crippen LogP contribution is -2.34. The minimum Gasteiger partial charge on any atom is -0.493 e. The highest BCUT2D eigenvalue weighted by Crippen LogP contribution is 2.29. The predicted octanol–water partition coefficient (Wildman–Crippen LogP) is 6.89. The smallest absolute Gasteiger partial charge is 0.259 e. The van der Waals surface area contributed by atoms with Crippen molar-refractivity contribution < 1.29 is 14.3 Å². The van der Waals surface area contributed by atoms with Crippen molar-refractivity contribution in [2.75, 3.05) is 11.9 Å². The van der Waals surface area contributed by atoms with Gasteiger partial charge in [-0.25, -0.2) is 4.98 Å². The monoisotopic (exact) mass is 610 g/mol. The summed E-state index contributed by atoms with van der Waals surface area (Å²) in [7, 11) is 1.93. The molecule has 1 heterocycles. The molecule has 0 fully saturated rings. The maximum Gasteiger partial charge on any atom is 0.259 e. The van der Waals surface area contributed by atoms with Crippen LogP contribution in [-0.4, -0.2) is 28.0 Å². The molecule has 0 aliphatic rings. The zero-order chi connectivity index (χ0) is 28.3. The van der Waals surface area contributed by atoms with Crippen LogP contribution in [0.15, 0.2) is 59.1 Å². The number of imidazole rings is 1. The van der Waals surface area contributed by atoms with E-state index in [-0.39, 0.29) is 11.8 Å². The van der Waals surface area contributed by atoms with E-state index in [1.165, 1.54) is 0 Å². The van der Waals surface area contributed by atoms with Crippen molar-refractivity contribution in [3.05, 3.63) is 86.6 Å². The molecular formula is C30H32BrClN4O3. The Morgan fingerprint density at radius 1 is 1.08 bits per heavy atom. The Bertz CT molecular complexity index is 1520. The molecule has 0 atom stereocenters. The fraction of sp³-hybridized carbons (Fsp3) is 0.300. The molecule has 4 aromatic rings. The summed E-state index contributed by atoms with van der Waals surface area (Å²) >= 11 is 9.96. The number of hydrogen-bond donors (Lipinski definition) is 2. The Morgan fingerprint density at radius 3 is 2.46 bits per heavy atom. The largest absolute Gasteiger partial charge is 0.493 e. The van der Waals surface area contributed by atoms with E-state index in [9.17, 15) is 9.59 Å². The number of rotatable bonds is 8. The maximum atomic E-state index is 13.2. The molecular weight excluding hydrogens is 580 g/mol. The fourth-order valence-corrected chi connectivity index (χ4v) is 4.55. The highest BCUT2D eigenvalue weighted by atomic mass is 79.9. The van der Waals surface area contributed by atoms with Crippen molar-refractivity contribution in [3.63, 3.8) is 0 Å². The van der Waals surface area contributed by atoms with Crippen LogP contribution in [0.25, 0.3) is 11.0 Å². The lowest BCUT2D eigenvalue weighted by molar-refractivity contribution is -0.128. The van der Waals surface area contributed by atoms with Crippen LogP contribution in [0.4, 0.5) is 5.69 Å². The van der Waals surface area contributed by atoms with Gasteiger partial charge in [0.25, 0.3) is 5.91 Å². The Balaban J connectivity index is 1.62. The van der Waals surface area contributed by atoms with Crippen LogP contribution in [0.1, 0.15) is 55.0 Å². The van der Waals surface area contributed by atoms with E-state index < -0.39 is 5.41 Å². The zero-order valence-corrected chi connectivity index (χ0v) is 25.0. The summed E-state index contributed by atoms with van der Waals surface area (Å²) < 4.78 is 8.76. The molecule has 0 saturated carbocycles. The van der Waals surface area contributed by atoms with Gasteiger partial charge in [0.15, 0.2) is 0 Å². The lowest BCUT2D eigenvalue weighted by atomic mass is 9.95. The summed E-state index contributed by atoms with van der Waals surface area (Å²) in [4.78, 5) is 30.3. The average Bonchev–Trinajstić information content (AvgIpc) is 3.18. The standard InChI is InChI=1S/C30H32BrClN4O3/c1-6-39-26-16-25-24(15-22(26)28(37)34-21-10-8-20(31)9-11-21)35-27(36(25)5)14-19-13-18(7-12-23(19)32)17-33-29(38)30(2,3)4/h7-13,15-16H,6,14,17H2,1-5H3,(H,33,38)(H,34,37). The molecule has 2 amide bonds. The number of carbonyl (C=O) groups is 2. The fourth-order valence-electron chi connectivity index (χ4n) is 4.10. The van der Waals surface area contributed by atoms with Gasteiger partial charge >= 0.3 is 0 Å². The number of aryl methyl sites for hydroxylation is 1. The van der Waals surface area contributed by atoms with E-state index in [2.05, 4.69) is 26.6 Å². The number of fused-ring (bicyclic) bond motifs is 1. The van der Waals surface area contributed by atoms with Crippen molar-refractivity contribution in [3.8, 4) is 5.75 Å². The first-order valence-electron chi connectivity index (χ1n) is 12.7. The van der Waals surface area contributed by atoms with Gasteiger partial charge in [-0.1, -0.05) is 60.4 Å². The summed E-state index contributed by atoms with van der Waals surface area (Å²) in [5, 5.41) is 6.53. The summed E-state index contributed by atoms with van der Waals surface area (Å²) in [6.45, 7) is 8.37. The number of nitrogens with zero attached hydrogens (tertiary/aromatic N) is 2. The summed E-state index contributed by atoms with van der Waals surface area (Å²) in [5.41, 5.74) is 4.01. The first-order valence-corrected chi connectivity index (χ1v) is 13.9. The Morgan fingerprint density at radius 2 is 1.79 bits per heavy atom. The topological polar surface area (TPSA) is 85.2 Å². The van der Waals surface area contributed by atoms with Crippen molar-refractivity contribution in [1.29, 1.82) is 0 Å². The average molecular weight is 612 g/mol. The number of carbonyl (C=O) groups excluding carboxylic acids is 2. The van der Waals surface area contributed by atoms with Crippen LogP contribution < -0.4 is 15.4 Å². The number of nitrogens with one attached hydrogen (secondary N) is 2. The normalized spacial score (nSPS) is 11.5. The first kappa shape index (κ1) is 28.6. The van der Waals surface area contributed by atoms with Crippen molar-refractivity contribution >= 4 is 56.1 Å². The SMILES string of the molecule is CCOc1cc2c(cc1C(=O)Nc1ccc(Br)cc1)nc(Cc1cc(CNC(=O)C(C)(C)C)ccc1Cl)n2C. The molecule has 7 nitrogen and oxygen atoms in total. The van der Waals surface area contributed by atoms with Crippen molar-refractivity contribution in [2.45, 2.75) is 40.7 Å². The molecule has 39 heavy (non-hydrogen) atoms. The number of halogens is 2. The highest BCUT2D eigenvalue weighted by Gasteiger charge is 2.21. The third-order valence-corrected chi connectivity index (χ3v) is 7.21. The van der Waals surface area contributed by atoms with Crippen LogP contribution in [0.5, 0.6) is 5.75 Å². The van der Waals surface area contributed by atoms with Crippen LogP contribution in [0, 0.1) is 5.41 Å². The molecule has 9 heteroatoms. The molecule has 0 aliphatic heterocycles. The van der Waals surface area contributed by atoms with Gasteiger partial charge in [-0.3, -0.25) is 9.59 Å². The minimum absolute atomic E-state index is 0.0144. The van der Waals surface area contributed by atoms with Gasteiger partial charge in [0, 0.05) is 46.7 Å². The van der Waals surface area contributed by atoms with Gasteiger partial charge in [-0.15, -0.1) is 0 Å². The second-order valence-electron chi connectivity index (χ2n) is 10.4. The second kappa shape index (κ2) is 11.8. The van der Waals surface area contributed by atoms with Crippen LogP contribution in [0.3, 0.4) is 0 Å². The number of hydrogen-bond acceptors (Lipinski definition) is 4. The van der Waals surface area contributed by atoms with E-state index in [4.69, 9.17) is 21.3 Å². The quantitative estimate of drug-likeness (QED) is 0.227. The number of benzene rings is 3. The Hall–Kier alpha value is -3.36. The van der Waals surface area contributed by atoms with E-state index in [0.717, 1.165) is 26.9 Å². The predicted molar refractivity (Wildman–Crippen MR) is 160 cm³/mol. The minimum atomic E-state index is -0.462. The number of amides is 2. The van der Waals surface area contributed by atoms with Gasteiger partial charge in [0.2, 0.25) is 5.91 Å². The van der Waals surface area contributed by atoms with E-state index in [1.54, 1.807) is 6.07 Å². The second-order valence-corrected chi connectivity index (χ2v) is 11.7. The highest BCUT2D eigenvalue weighted by molar-refractivity contribution is 9.10. The third-order valence-electron chi connectivity index (χ3n) is 6.31. The molecule has 4 rings (SSSR count). The van der Waals surface area contributed by atoms with Crippen molar-refractivity contribution in [2.24, 2.45) is 12.5 Å². The Kier molecular flexibility index (Phi) is 8.67. The zero-order valence-electron chi connectivity index (χ0n) is 22.7. The molecule has 0 aliphatic carbocycles. The van der Waals surface area contributed by atoms with Gasteiger partial charge in [-0.2, -0.15) is 0 Å². The lowest BCUT2D eigenvalue weighted by Gasteiger charge is -2.18. The first-order chi connectivity index (χ1) is 18.5. The van der Waals surface area contributed by atoms with Gasteiger partial charge in [0.05, 0.1) is 23.2 Å². The summed E-state index contributed by atoms with van der Waals surface area (Å²) in [6.07, 6.45) is 0.482. The molecule has 3 aromatic carbocycles. The van der Waals surface area contributed by atoms with Crippen LogP contribution >= 0.6 is 27.5 Å². The molecule has 2 N–H and O–H groups in total.